The molecule has 2 bridgehead atoms. The highest BCUT2D eigenvalue weighted by molar-refractivity contribution is 5.43. The van der Waals surface area contributed by atoms with Crippen LogP contribution in [0, 0.1) is 11.8 Å². The second kappa shape index (κ2) is 11.7. The Morgan fingerprint density at radius 1 is 1.04 bits per heavy atom. The largest absolute Gasteiger partial charge is 0.313 e. The number of nitrogens with one attached hydrogen (secondary N) is 1. The van der Waals surface area contributed by atoms with E-state index in [0.29, 0.717) is 6.04 Å². The van der Waals surface area contributed by atoms with E-state index in [1.165, 1.54) is 57.8 Å². The summed E-state index contributed by atoms with van der Waals surface area (Å²) in [5, 5.41) is 3.46. The van der Waals surface area contributed by atoms with E-state index >= 15 is 0 Å². The molecular weight excluding hydrogens is 326 g/mol. The number of hydrogen-bond donors (Lipinski definition) is 1. The van der Waals surface area contributed by atoms with Gasteiger partial charge in [0, 0.05) is 6.04 Å². The summed E-state index contributed by atoms with van der Waals surface area (Å²) in [5.41, 5.74) is 4.92. The maximum Gasteiger partial charge on any atom is 0.0320 e. The van der Waals surface area contributed by atoms with Gasteiger partial charge in [0.2, 0.25) is 0 Å². The minimum Gasteiger partial charge on any atom is -0.313 e. The molecule has 0 heterocycles. The summed E-state index contributed by atoms with van der Waals surface area (Å²) in [4.78, 5) is 0. The fourth-order valence-electron chi connectivity index (χ4n) is 5.05. The predicted octanol–water partition coefficient (Wildman–Crippen LogP) is 7.58. The Hall–Kier alpha value is -1.08. The van der Waals surface area contributed by atoms with Gasteiger partial charge in [-0.2, -0.15) is 0 Å². The number of hydrogen-bond acceptors (Lipinski definition) is 1. The monoisotopic (exact) mass is 369 g/mol. The van der Waals surface area contributed by atoms with E-state index in [-0.39, 0.29) is 0 Å². The molecule has 152 valence electrons. The number of benzene rings is 1. The fourth-order valence-corrected chi connectivity index (χ4v) is 5.05. The number of fused-ring (bicyclic) bond motifs is 1. The zero-order valence-corrected chi connectivity index (χ0v) is 18.6. The zero-order chi connectivity index (χ0) is 19.6. The molecule has 6 rings (SSSR count). The second-order valence-electron chi connectivity index (χ2n) is 8.40. The van der Waals surface area contributed by atoms with Crippen molar-refractivity contribution in [3.8, 4) is 0 Å². The first kappa shape index (κ1) is 22.2. The van der Waals surface area contributed by atoms with E-state index in [1.54, 1.807) is 16.7 Å². The smallest absolute Gasteiger partial charge is 0.0320 e. The third kappa shape index (κ3) is 5.70. The van der Waals surface area contributed by atoms with Gasteiger partial charge in [0.15, 0.2) is 0 Å². The van der Waals surface area contributed by atoms with Crippen molar-refractivity contribution in [2.24, 2.45) is 11.8 Å². The molecule has 1 aromatic rings. The van der Waals surface area contributed by atoms with Gasteiger partial charge in [-0.05, 0) is 92.9 Å². The standard InChI is InChI=1S/C14H19N.C7H10.C3H8.C2H6/c1-15-13-9-8-11-5-2-4-10-6-3-7-12(13)14(10)11;1-2-6-4-7(3-1)5-6;1-3-2;1-2/h3,6-7,11,13,15H,2,4-5,8-9H2,1H3;1-2,6-7H,3-5H2;3H2,1-2H3;1-2H3. The molecular formula is C26H43N. The van der Waals surface area contributed by atoms with Gasteiger partial charge in [-0.25, -0.2) is 0 Å². The van der Waals surface area contributed by atoms with Crippen molar-refractivity contribution in [1.82, 2.24) is 5.32 Å². The molecule has 0 saturated heterocycles. The molecule has 5 aliphatic carbocycles. The first-order valence-electron chi connectivity index (χ1n) is 11.7. The Kier molecular flexibility index (Phi) is 9.62. The highest BCUT2D eigenvalue weighted by Gasteiger charge is 2.30. The summed E-state index contributed by atoms with van der Waals surface area (Å²) in [6, 6.07) is 7.52. The highest BCUT2D eigenvalue weighted by Crippen LogP contribution is 2.44. The van der Waals surface area contributed by atoms with Gasteiger partial charge in [-0.1, -0.05) is 64.5 Å². The molecule has 0 spiro atoms. The minimum absolute atomic E-state index is 0.606. The SMILES string of the molecule is C1=CC2CC(C1)C2.CC.CCC.CNC1CCC2CCCc3cccc1c32. The van der Waals surface area contributed by atoms with E-state index in [9.17, 15) is 0 Å². The molecule has 1 aromatic carbocycles. The van der Waals surface area contributed by atoms with Crippen LogP contribution in [-0.2, 0) is 6.42 Å². The van der Waals surface area contributed by atoms with Crippen molar-refractivity contribution in [2.45, 2.75) is 97.4 Å². The van der Waals surface area contributed by atoms with Crippen LogP contribution in [0.5, 0.6) is 0 Å². The predicted molar refractivity (Wildman–Crippen MR) is 120 cm³/mol. The van der Waals surface area contributed by atoms with Crippen molar-refractivity contribution >= 4 is 0 Å². The van der Waals surface area contributed by atoms with Crippen LogP contribution >= 0.6 is 0 Å². The Balaban J connectivity index is 0.000000181. The topological polar surface area (TPSA) is 12.0 Å². The normalized spacial score (nSPS) is 28.6. The lowest BCUT2D eigenvalue weighted by atomic mass is 9.69. The highest BCUT2D eigenvalue weighted by atomic mass is 14.9. The number of aryl methyl sites for hydroxylation is 1. The third-order valence-electron chi connectivity index (χ3n) is 6.31. The van der Waals surface area contributed by atoms with Crippen molar-refractivity contribution in [1.29, 1.82) is 0 Å². The van der Waals surface area contributed by atoms with Gasteiger partial charge in [-0.15, -0.1) is 0 Å². The molecule has 0 radical (unpaired) electrons. The van der Waals surface area contributed by atoms with Gasteiger partial charge < -0.3 is 5.32 Å². The average Bonchev–Trinajstić information content (AvgIpc) is 2.72. The van der Waals surface area contributed by atoms with Crippen LogP contribution in [0.1, 0.15) is 108 Å². The molecule has 1 heteroatoms. The van der Waals surface area contributed by atoms with Crippen LogP contribution in [0.3, 0.4) is 0 Å². The van der Waals surface area contributed by atoms with Gasteiger partial charge in [0.25, 0.3) is 0 Å². The molecule has 2 atom stereocenters. The summed E-state index contributed by atoms with van der Waals surface area (Å²) < 4.78 is 0. The van der Waals surface area contributed by atoms with Gasteiger partial charge >= 0.3 is 0 Å². The van der Waals surface area contributed by atoms with Crippen molar-refractivity contribution in [2.75, 3.05) is 7.05 Å². The molecule has 1 N–H and O–H groups in total. The van der Waals surface area contributed by atoms with Gasteiger partial charge in [-0.3, -0.25) is 0 Å². The van der Waals surface area contributed by atoms with Gasteiger partial charge in [0.1, 0.15) is 0 Å². The van der Waals surface area contributed by atoms with E-state index < -0.39 is 0 Å². The van der Waals surface area contributed by atoms with E-state index in [2.05, 4.69) is 56.6 Å². The first-order valence-corrected chi connectivity index (χ1v) is 11.7. The Labute approximate surface area is 169 Å². The lowest BCUT2D eigenvalue weighted by Gasteiger charge is -2.36. The molecule has 0 aliphatic heterocycles. The van der Waals surface area contributed by atoms with E-state index in [1.807, 2.05) is 13.8 Å². The zero-order valence-electron chi connectivity index (χ0n) is 18.6. The molecule has 27 heavy (non-hydrogen) atoms. The Morgan fingerprint density at radius 3 is 2.30 bits per heavy atom. The van der Waals surface area contributed by atoms with Crippen LogP contribution in [-0.4, -0.2) is 7.05 Å². The summed E-state index contributed by atoms with van der Waals surface area (Å²) in [6.45, 7) is 8.25. The van der Waals surface area contributed by atoms with Crippen molar-refractivity contribution in [3.05, 3.63) is 47.0 Å². The summed E-state index contributed by atoms with van der Waals surface area (Å²) >= 11 is 0. The lowest BCUT2D eigenvalue weighted by Crippen LogP contribution is -2.26. The summed E-state index contributed by atoms with van der Waals surface area (Å²) in [5.74, 6) is 2.96. The van der Waals surface area contributed by atoms with Crippen LogP contribution in [0.2, 0.25) is 0 Å². The quantitative estimate of drug-likeness (QED) is 0.503. The van der Waals surface area contributed by atoms with Crippen LogP contribution in [0.25, 0.3) is 0 Å². The second-order valence-corrected chi connectivity index (χ2v) is 8.40. The number of rotatable bonds is 1. The molecule has 5 aliphatic rings. The molecule has 1 fully saturated rings. The first-order chi connectivity index (χ1) is 13.3. The molecule has 0 aromatic heterocycles. The molecule has 1 nitrogen and oxygen atoms in total. The maximum atomic E-state index is 3.46. The molecule has 0 amide bonds. The molecule has 2 unspecified atom stereocenters. The molecule has 1 saturated carbocycles. The maximum absolute atomic E-state index is 3.46. The lowest BCUT2D eigenvalue weighted by molar-refractivity contribution is 0.225. The average molecular weight is 370 g/mol. The van der Waals surface area contributed by atoms with Gasteiger partial charge in [0.05, 0.1) is 0 Å². The Bertz CT molecular complexity index is 568. The fraction of sp³-hybridized carbons (Fsp3) is 0.692. The minimum atomic E-state index is 0.606. The van der Waals surface area contributed by atoms with Crippen molar-refractivity contribution < 1.29 is 0 Å². The van der Waals surface area contributed by atoms with Crippen LogP contribution in [0.4, 0.5) is 0 Å². The Morgan fingerprint density at radius 2 is 1.78 bits per heavy atom. The third-order valence-corrected chi connectivity index (χ3v) is 6.31. The van der Waals surface area contributed by atoms with E-state index in [0.717, 1.165) is 17.8 Å². The van der Waals surface area contributed by atoms with Crippen molar-refractivity contribution in [3.63, 3.8) is 0 Å². The van der Waals surface area contributed by atoms with E-state index in [4.69, 9.17) is 0 Å². The van der Waals surface area contributed by atoms with Crippen LogP contribution < -0.4 is 5.32 Å². The summed E-state index contributed by atoms with van der Waals surface area (Å²) in [6.07, 6.45) is 17.1. The summed E-state index contributed by atoms with van der Waals surface area (Å²) in [7, 11) is 2.09. The van der Waals surface area contributed by atoms with Crippen LogP contribution in [0.15, 0.2) is 30.4 Å². The number of allylic oxidation sites excluding steroid dienone is 2.